The van der Waals surface area contributed by atoms with E-state index in [-0.39, 0.29) is 68.6 Å². The van der Waals surface area contributed by atoms with Crippen molar-refractivity contribution in [3.8, 4) is 0 Å². The molecule has 2 aromatic carbocycles. The van der Waals surface area contributed by atoms with Gasteiger partial charge in [0.15, 0.2) is 0 Å². The van der Waals surface area contributed by atoms with Crippen molar-refractivity contribution in [1.29, 1.82) is 0 Å². The molecule has 0 aliphatic heterocycles. The molecule has 9 atom stereocenters. The summed E-state index contributed by atoms with van der Waals surface area (Å²) >= 11 is 25.0. The van der Waals surface area contributed by atoms with Crippen molar-refractivity contribution in [2.75, 3.05) is 0 Å². The van der Waals surface area contributed by atoms with Crippen LogP contribution in [0.25, 0.3) is 0 Å². The van der Waals surface area contributed by atoms with Crippen molar-refractivity contribution in [2.24, 2.45) is 43.8 Å². The maximum absolute atomic E-state index is 7.13. The summed E-state index contributed by atoms with van der Waals surface area (Å²) in [4.78, 5) is 0. The van der Waals surface area contributed by atoms with E-state index in [1.165, 1.54) is 8.78 Å². The standard InChI is InChI=1S/C29H37.C15H10Cl4.C5H5.2ClH.Zr/c1-21-14-13-15-22-20-27(6)25(4)18-10-9-16-23(25,2)24(3)17-11-12-19-26(24,5)29(27,8)28(21,22)7;1-8-10(4-12(16)6-14(8)18)3-11-5-13(17)7-15(19)9(11)2;1-2-4-5-3-1;;;/h9-20,22H,1-8H3;4-7H,1-2H3;1-3H,4H2;2*1H;/q;;;;;+2/p-2. The largest absolute Gasteiger partial charge is 1.00 e. The first-order valence-corrected chi connectivity index (χ1v) is 24.8. The fraction of sp³-hybridized carbons (Fsp3) is 0.408. The minimum atomic E-state index is -3.32. The van der Waals surface area contributed by atoms with Gasteiger partial charge in [-0.25, -0.2) is 0 Å². The van der Waals surface area contributed by atoms with Gasteiger partial charge in [0.2, 0.25) is 0 Å². The molecule has 6 aliphatic rings. The molecule has 294 valence electrons. The zero-order valence-electron chi connectivity index (χ0n) is 34.0. The van der Waals surface area contributed by atoms with Crippen LogP contribution in [-0.4, -0.2) is 3.21 Å². The van der Waals surface area contributed by atoms with Crippen LogP contribution in [-0.2, 0) is 21.3 Å². The SMILES string of the molecule is CC1=CC=CC2[CH]([Zr+2]([C]3=CC=CC3)=[C](c3cc(Cl)cc(Cl)c3C)c3cc(Cl)cc(Cl)c3C)C3(C)C4(C)C=CC=CC4(C)C4(C)C=CC=CC4(C)C3(C)C12C.[Cl-].[Cl-]. The molecule has 9 unspecified atom stereocenters. The maximum atomic E-state index is 7.13. The number of fused-ring (bicyclic) bond motifs is 8. The van der Waals surface area contributed by atoms with E-state index < -0.39 is 21.3 Å². The van der Waals surface area contributed by atoms with Gasteiger partial charge in [0.05, 0.1) is 0 Å². The monoisotopic (exact) mass is 940 g/mol. The minimum absolute atomic E-state index is 0. The van der Waals surface area contributed by atoms with Gasteiger partial charge >= 0.3 is 355 Å². The van der Waals surface area contributed by atoms with Crippen molar-refractivity contribution in [1.82, 2.24) is 0 Å². The number of benzene rings is 2. The zero-order valence-corrected chi connectivity index (χ0v) is 41.0. The fourth-order valence-electron chi connectivity index (χ4n) is 13.6. The Bertz CT molecular complexity index is 2260. The van der Waals surface area contributed by atoms with Crippen molar-refractivity contribution < 1.29 is 46.1 Å². The number of hydrogen-bond acceptors (Lipinski definition) is 0. The first kappa shape index (κ1) is 44.4. The van der Waals surface area contributed by atoms with Crippen LogP contribution in [0.3, 0.4) is 0 Å². The molecule has 2 fully saturated rings. The first-order chi connectivity index (χ1) is 25.3. The second-order valence-electron chi connectivity index (χ2n) is 18.2. The van der Waals surface area contributed by atoms with E-state index in [2.05, 4.69) is 166 Å². The van der Waals surface area contributed by atoms with Crippen molar-refractivity contribution >= 4 is 49.6 Å². The molecule has 8 rings (SSSR count). The molecule has 2 aromatic rings. The van der Waals surface area contributed by atoms with Crippen LogP contribution in [0.15, 0.2) is 118 Å². The quantitative estimate of drug-likeness (QED) is 0.287. The molecular weight excluding hydrogens is 892 g/mol. The van der Waals surface area contributed by atoms with Crippen molar-refractivity contribution in [2.45, 2.75) is 79.3 Å². The van der Waals surface area contributed by atoms with Gasteiger partial charge < -0.3 is 24.8 Å². The molecule has 0 nitrogen and oxygen atoms in total. The summed E-state index contributed by atoms with van der Waals surface area (Å²) in [5, 5.41) is 2.67. The van der Waals surface area contributed by atoms with Gasteiger partial charge in [0.25, 0.3) is 0 Å². The zero-order chi connectivity index (χ0) is 39.0. The van der Waals surface area contributed by atoms with E-state index in [1.807, 2.05) is 12.1 Å². The van der Waals surface area contributed by atoms with Crippen LogP contribution < -0.4 is 24.8 Å². The van der Waals surface area contributed by atoms with Crippen LogP contribution in [0, 0.1) is 57.7 Å². The van der Waals surface area contributed by atoms with Gasteiger partial charge in [-0.2, -0.15) is 0 Å². The Kier molecular flexibility index (Phi) is 11.5. The summed E-state index contributed by atoms with van der Waals surface area (Å²) in [7, 11) is 0. The predicted octanol–water partition coefficient (Wildman–Crippen LogP) is 9.20. The van der Waals surface area contributed by atoms with E-state index in [0.717, 1.165) is 28.7 Å². The molecule has 0 radical (unpaired) electrons. The van der Waals surface area contributed by atoms with E-state index in [0.29, 0.717) is 23.7 Å². The minimum Gasteiger partial charge on any atom is -1.00 e. The topological polar surface area (TPSA) is 0 Å². The molecule has 0 N–H and O–H groups in total. The Balaban J connectivity index is 0.00000266. The Morgan fingerprint density at radius 2 is 1.09 bits per heavy atom. The molecule has 0 bridgehead atoms. The third-order valence-corrected chi connectivity index (χ3v) is 27.7. The van der Waals surface area contributed by atoms with Crippen LogP contribution in [0.1, 0.15) is 84.1 Å². The maximum Gasteiger partial charge on any atom is -1.00 e. The second-order valence-corrected chi connectivity index (χ2v) is 26.3. The van der Waals surface area contributed by atoms with Gasteiger partial charge in [0.1, 0.15) is 0 Å². The fourth-order valence-corrected chi connectivity index (χ4v) is 26.2. The second kappa shape index (κ2) is 14.5. The van der Waals surface area contributed by atoms with Gasteiger partial charge in [-0.3, -0.25) is 0 Å². The van der Waals surface area contributed by atoms with E-state index in [9.17, 15) is 0 Å². The van der Waals surface area contributed by atoms with Crippen LogP contribution in [0.2, 0.25) is 23.7 Å². The van der Waals surface area contributed by atoms with E-state index in [4.69, 9.17) is 46.4 Å². The Morgan fingerprint density at radius 3 is 1.59 bits per heavy atom. The Labute approximate surface area is 375 Å². The summed E-state index contributed by atoms with van der Waals surface area (Å²) < 4.78 is 3.30. The van der Waals surface area contributed by atoms with Gasteiger partial charge in [0, 0.05) is 0 Å². The molecule has 0 amide bonds. The molecular formula is C49H52Cl6Zr. The summed E-state index contributed by atoms with van der Waals surface area (Å²) in [6.07, 6.45) is 35.2. The van der Waals surface area contributed by atoms with Gasteiger partial charge in [-0.15, -0.1) is 0 Å². The number of hydrogen-bond donors (Lipinski definition) is 0. The predicted molar refractivity (Wildman–Crippen MR) is 231 cm³/mol. The molecule has 56 heavy (non-hydrogen) atoms. The summed E-state index contributed by atoms with van der Waals surface area (Å²) in [6, 6.07) is 8.13. The third-order valence-electron chi connectivity index (χ3n) is 17.4. The van der Waals surface area contributed by atoms with Crippen molar-refractivity contribution in [3.63, 3.8) is 0 Å². The molecule has 6 aliphatic carbocycles. The van der Waals surface area contributed by atoms with Crippen LogP contribution in [0.5, 0.6) is 0 Å². The molecule has 7 heteroatoms. The molecule has 0 saturated heterocycles. The average Bonchev–Trinajstić information content (AvgIpc) is 3.71. The summed E-state index contributed by atoms with van der Waals surface area (Å²) in [6.45, 7) is 25.2. The number of rotatable bonds is 4. The smallest absolute Gasteiger partial charge is 1.00 e. The van der Waals surface area contributed by atoms with E-state index in [1.54, 1.807) is 3.28 Å². The summed E-state index contributed by atoms with van der Waals surface area (Å²) in [5.74, 6) is 0.271. The van der Waals surface area contributed by atoms with Gasteiger partial charge in [-0.1, -0.05) is 0 Å². The number of allylic oxidation sites excluding steroid dienone is 16. The number of halogens is 6. The normalized spacial score (nSPS) is 37.9. The van der Waals surface area contributed by atoms with E-state index >= 15 is 0 Å². The van der Waals surface area contributed by atoms with Crippen molar-refractivity contribution in [3.05, 3.63) is 161 Å². The Morgan fingerprint density at radius 1 is 0.607 bits per heavy atom. The summed E-state index contributed by atoms with van der Waals surface area (Å²) in [5.41, 5.74) is 4.44. The van der Waals surface area contributed by atoms with Crippen LogP contribution in [0.4, 0.5) is 0 Å². The average molecular weight is 945 g/mol. The molecule has 2 saturated carbocycles. The first-order valence-electron chi connectivity index (χ1n) is 19.4. The third kappa shape index (κ3) is 5.10. The molecule has 0 aromatic heterocycles. The van der Waals surface area contributed by atoms with Crippen LogP contribution >= 0.6 is 46.4 Å². The molecule has 0 heterocycles. The van der Waals surface area contributed by atoms with Gasteiger partial charge in [-0.05, 0) is 0 Å². The Hall–Kier alpha value is -1.15. The molecule has 0 spiro atoms.